The maximum absolute atomic E-state index is 13.6. The maximum atomic E-state index is 13.6. The number of nitrogens with one attached hydrogen (secondary N) is 2. The van der Waals surface area contributed by atoms with E-state index < -0.39 is 38.1 Å². The van der Waals surface area contributed by atoms with Gasteiger partial charge in [-0.05, 0) is 118 Å². The highest BCUT2D eigenvalue weighted by Crippen LogP contribution is 2.47. The summed E-state index contributed by atoms with van der Waals surface area (Å²) in [5.74, 6) is -0.302. The Balaban J connectivity index is 1.25. The van der Waals surface area contributed by atoms with Crippen molar-refractivity contribution < 1.29 is 32.4 Å². The molecule has 1 heterocycles. The molecule has 2 N–H and O–H groups in total. The summed E-state index contributed by atoms with van der Waals surface area (Å²) in [6.45, 7) is 11.1. The summed E-state index contributed by atoms with van der Waals surface area (Å²) < 4.78 is 39.6. The number of carbonyl (C=O) groups is 2. The van der Waals surface area contributed by atoms with Crippen molar-refractivity contribution in [1.82, 2.24) is 15.2 Å². The molecule has 268 valence electrons. The van der Waals surface area contributed by atoms with Crippen LogP contribution in [0.4, 0.5) is 21.1 Å². The van der Waals surface area contributed by atoms with Crippen LogP contribution < -0.4 is 10.0 Å². The van der Waals surface area contributed by atoms with Crippen LogP contribution in [-0.2, 0) is 19.5 Å². The summed E-state index contributed by atoms with van der Waals surface area (Å²) in [6, 6.07) is 17.1. The maximum Gasteiger partial charge on any atom is 0.410 e. The number of ether oxygens (including phenoxy) is 2. The molecule has 50 heavy (non-hydrogen) atoms. The van der Waals surface area contributed by atoms with Gasteiger partial charge in [-0.1, -0.05) is 36.4 Å². The number of sulfonamides is 1. The molecule has 2 atom stereocenters. The molecule has 0 spiro atoms. The molecule has 2 aliphatic carbocycles. The average molecular weight is 708 g/mol. The van der Waals surface area contributed by atoms with Crippen molar-refractivity contribution in [2.24, 2.45) is 0 Å². The SMILES string of the molecule is CC(C)(C)OC(=O)NC1CCC(N(C(=O)OC(C)(C)C)[C@@H]2C[C@H]2c2ccc(-c3cccc(NS(=O)(=O)c4ccc([N+](=O)[O-])nc4)c3)cc2)CC1. The van der Waals surface area contributed by atoms with Gasteiger partial charge in [0.15, 0.2) is 6.20 Å². The Kier molecular flexibility index (Phi) is 10.4. The fourth-order valence-corrected chi connectivity index (χ4v) is 7.22. The minimum atomic E-state index is -4.02. The van der Waals surface area contributed by atoms with Crippen molar-refractivity contribution in [2.45, 2.75) is 114 Å². The van der Waals surface area contributed by atoms with Crippen LogP contribution in [0.5, 0.6) is 0 Å². The lowest BCUT2D eigenvalue weighted by Crippen LogP contribution is -2.49. The van der Waals surface area contributed by atoms with Crippen LogP contribution in [-0.4, -0.2) is 64.7 Å². The molecule has 0 saturated heterocycles. The molecular formula is C36H45N5O8S. The number of anilines is 1. The number of aromatic nitrogens is 1. The van der Waals surface area contributed by atoms with Gasteiger partial charge in [0.05, 0.1) is 0 Å². The number of carbonyl (C=O) groups excluding carboxylic acids is 2. The van der Waals surface area contributed by atoms with Crippen molar-refractivity contribution in [3.05, 3.63) is 82.5 Å². The van der Waals surface area contributed by atoms with Gasteiger partial charge < -0.3 is 29.8 Å². The van der Waals surface area contributed by atoms with Gasteiger partial charge in [0.25, 0.3) is 10.0 Å². The number of amides is 2. The summed E-state index contributed by atoms with van der Waals surface area (Å²) >= 11 is 0. The Bertz CT molecular complexity index is 1810. The first-order valence-corrected chi connectivity index (χ1v) is 18.2. The second-order valence-corrected chi connectivity index (χ2v) is 16.5. The van der Waals surface area contributed by atoms with E-state index in [2.05, 4.69) is 15.0 Å². The van der Waals surface area contributed by atoms with E-state index in [1.54, 1.807) is 18.2 Å². The normalized spacial score (nSPS) is 20.7. The van der Waals surface area contributed by atoms with E-state index in [-0.39, 0.29) is 35.0 Å². The summed E-state index contributed by atoms with van der Waals surface area (Å²) in [4.78, 5) is 41.4. The van der Waals surface area contributed by atoms with E-state index in [4.69, 9.17) is 9.47 Å². The van der Waals surface area contributed by atoms with Gasteiger partial charge in [-0.25, -0.2) is 18.0 Å². The van der Waals surface area contributed by atoms with Crippen molar-refractivity contribution >= 4 is 33.7 Å². The van der Waals surface area contributed by atoms with Crippen LogP contribution in [0.25, 0.3) is 11.1 Å². The van der Waals surface area contributed by atoms with E-state index in [1.165, 1.54) is 0 Å². The number of benzene rings is 2. The van der Waals surface area contributed by atoms with Gasteiger partial charge in [-0.15, -0.1) is 0 Å². The molecule has 2 saturated carbocycles. The molecule has 0 unspecified atom stereocenters. The second kappa shape index (κ2) is 14.3. The molecule has 2 aliphatic rings. The predicted molar refractivity (Wildman–Crippen MR) is 188 cm³/mol. The van der Waals surface area contributed by atoms with Crippen LogP contribution >= 0.6 is 0 Å². The minimum absolute atomic E-state index is 0.0101. The van der Waals surface area contributed by atoms with Gasteiger partial charge >= 0.3 is 18.0 Å². The summed E-state index contributed by atoms with van der Waals surface area (Å²) in [5, 5.41) is 13.9. The highest BCUT2D eigenvalue weighted by molar-refractivity contribution is 7.92. The lowest BCUT2D eigenvalue weighted by Gasteiger charge is -2.38. The fraction of sp³-hybridized carbons (Fsp3) is 0.472. The molecule has 1 aromatic heterocycles. The van der Waals surface area contributed by atoms with Gasteiger partial charge in [-0.2, -0.15) is 0 Å². The van der Waals surface area contributed by atoms with Crippen LogP contribution in [0.1, 0.15) is 85.1 Å². The molecule has 0 aliphatic heterocycles. The lowest BCUT2D eigenvalue weighted by atomic mass is 9.90. The van der Waals surface area contributed by atoms with Gasteiger partial charge in [0.2, 0.25) is 0 Å². The third-order valence-electron chi connectivity index (χ3n) is 8.53. The number of nitro groups is 1. The van der Waals surface area contributed by atoms with Crippen LogP contribution in [0.3, 0.4) is 0 Å². The Morgan fingerprint density at radius 2 is 1.56 bits per heavy atom. The average Bonchev–Trinajstić information content (AvgIpc) is 3.80. The molecule has 2 amide bonds. The van der Waals surface area contributed by atoms with Crippen molar-refractivity contribution in [3.8, 4) is 11.1 Å². The second-order valence-electron chi connectivity index (χ2n) is 14.9. The number of nitrogens with zero attached hydrogens (tertiary/aromatic N) is 3. The van der Waals surface area contributed by atoms with Gasteiger partial charge in [0, 0.05) is 35.8 Å². The summed E-state index contributed by atoms with van der Waals surface area (Å²) in [6.07, 6.45) is 3.95. The zero-order valence-corrected chi connectivity index (χ0v) is 30.0. The molecule has 3 aromatic rings. The molecule has 13 nitrogen and oxygen atoms in total. The molecule has 0 bridgehead atoms. The number of pyridine rings is 1. The van der Waals surface area contributed by atoms with Crippen LogP contribution in [0, 0.1) is 10.1 Å². The molecule has 2 aromatic carbocycles. The highest BCUT2D eigenvalue weighted by Gasteiger charge is 2.49. The molecule has 2 fully saturated rings. The predicted octanol–water partition coefficient (Wildman–Crippen LogP) is 7.39. The number of alkyl carbamates (subject to hydrolysis) is 1. The van der Waals surface area contributed by atoms with Gasteiger partial charge in [-0.3, -0.25) is 4.72 Å². The lowest BCUT2D eigenvalue weighted by molar-refractivity contribution is -0.389. The smallest absolute Gasteiger partial charge is 0.410 e. The zero-order valence-electron chi connectivity index (χ0n) is 29.2. The zero-order chi connectivity index (χ0) is 36.4. The van der Waals surface area contributed by atoms with Crippen LogP contribution in [0.2, 0.25) is 0 Å². The number of hydrogen-bond donors (Lipinski definition) is 2. The monoisotopic (exact) mass is 707 g/mol. The number of rotatable bonds is 9. The standard InChI is InChI=1S/C36H45N5O8S/c1-35(2,3)48-33(42)38-26-14-16-28(17-15-26)40(34(43)49-36(4,5)6)31-21-30(31)24-12-10-23(11-13-24)25-8-7-9-27(20-25)39-50(46,47)29-18-19-32(37-22-29)41(44)45/h7-13,18-20,22,26,28,30-31,39H,14-17,21H2,1-6H3,(H,38,42)/t26?,28?,30-,31+/m0/s1. The van der Waals surface area contributed by atoms with Gasteiger partial charge in [0.1, 0.15) is 16.1 Å². The van der Waals surface area contributed by atoms with Crippen molar-refractivity contribution in [1.29, 1.82) is 0 Å². The van der Waals surface area contributed by atoms with E-state index in [1.807, 2.05) is 76.8 Å². The van der Waals surface area contributed by atoms with E-state index >= 15 is 0 Å². The Morgan fingerprint density at radius 1 is 0.900 bits per heavy atom. The number of hydrogen-bond acceptors (Lipinski definition) is 9. The fourth-order valence-electron chi connectivity index (χ4n) is 6.23. The van der Waals surface area contributed by atoms with Crippen LogP contribution in [0.15, 0.2) is 71.8 Å². The third-order valence-corrected chi connectivity index (χ3v) is 9.90. The third kappa shape index (κ3) is 9.49. The Hall–Kier alpha value is -4.72. The van der Waals surface area contributed by atoms with Crippen molar-refractivity contribution in [2.75, 3.05) is 4.72 Å². The molecular weight excluding hydrogens is 662 g/mol. The van der Waals surface area contributed by atoms with E-state index in [0.29, 0.717) is 5.69 Å². The molecule has 14 heteroatoms. The summed E-state index contributed by atoms with van der Waals surface area (Å²) in [5.41, 5.74) is 1.88. The first-order valence-electron chi connectivity index (χ1n) is 16.7. The first-order chi connectivity index (χ1) is 23.4. The molecule has 0 radical (unpaired) electrons. The molecule has 5 rings (SSSR count). The Morgan fingerprint density at radius 3 is 2.14 bits per heavy atom. The minimum Gasteiger partial charge on any atom is -0.444 e. The Labute approximate surface area is 293 Å². The summed E-state index contributed by atoms with van der Waals surface area (Å²) in [7, 11) is -4.02. The van der Waals surface area contributed by atoms with Crippen molar-refractivity contribution in [3.63, 3.8) is 0 Å². The topological polar surface area (TPSA) is 170 Å². The highest BCUT2D eigenvalue weighted by atomic mass is 32.2. The first kappa shape index (κ1) is 36.6. The van der Waals surface area contributed by atoms with E-state index in [0.717, 1.165) is 67.1 Å². The largest absolute Gasteiger partial charge is 0.444 e. The van der Waals surface area contributed by atoms with E-state index in [9.17, 15) is 28.1 Å². The quantitative estimate of drug-likeness (QED) is 0.170.